The van der Waals surface area contributed by atoms with Gasteiger partial charge in [-0.05, 0) is 24.1 Å². The van der Waals surface area contributed by atoms with Crippen molar-refractivity contribution in [2.24, 2.45) is 0 Å². The van der Waals surface area contributed by atoms with Crippen molar-refractivity contribution in [3.05, 3.63) is 48.3 Å². The summed E-state index contributed by atoms with van der Waals surface area (Å²) in [7, 11) is 0. The van der Waals surface area contributed by atoms with Crippen LogP contribution in [0.15, 0.2) is 36.9 Å². The molecular formula is C13H14FNO3. The molecule has 0 aliphatic carbocycles. The number of halogens is 1. The van der Waals surface area contributed by atoms with Crippen molar-refractivity contribution in [2.45, 2.75) is 18.9 Å². The quantitative estimate of drug-likeness (QED) is 0.753. The molecule has 96 valence electrons. The van der Waals surface area contributed by atoms with Crippen LogP contribution in [0.1, 0.15) is 12.0 Å². The highest BCUT2D eigenvalue weighted by atomic mass is 19.1. The van der Waals surface area contributed by atoms with Crippen LogP contribution >= 0.6 is 0 Å². The first-order valence-electron chi connectivity index (χ1n) is 5.40. The minimum Gasteiger partial charge on any atom is -0.480 e. The second kappa shape index (κ2) is 6.54. The molecule has 0 spiro atoms. The molecule has 1 amide bonds. The monoisotopic (exact) mass is 251 g/mol. The number of carbonyl (C=O) groups excluding carboxylic acids is 1. The maximum absolute atomic E-state index is 12.7. The smallest absolute Gasteiger partial charge is 0.326 e. The topological polar surface area (TPSA) is 66.4 Å². The van der Waals surface area contributed by atoms with Crippen LogP contribution in [0.3, 0.4) is 0 Å². The van der Waals surface area contributed by atoms with Crippen molar-refractivity contribution in [2.75, 3.05) is 0 Å². The van der Waals surface area contributed by atoms with Gasteiger partial charge in [0.15, 0.2) is 0 Å². The average Bonchev–Trinajstić information content (AvgIpc) is 2.31. The van der Waals surface area contributed by atoms with Crippen LogP contribution in [0.5, 0.6) is 0 Å². The van der Waals surface area contributed by atoms with Crippen molar-refractivity contribution in [1.29, 1.82) is 0 Å². The first-order chi connectivity index (χ1) is 8.52. The van der Waals surface area contributed by atoms with E-state index in [2.05, 4.69) is 11.9 Å². The van der Waals surface area contributed by atoms with Crippen molar-refractivity contribution in [1.82, 2.24) is 5.32 Å². The van der Waals surface area contributed by atoms with Crippen molar-refractivity contribution in [3.8, 4) is 0 Å². The predicted octanol–water partition coefficient (Wildman–Crippen LogP) is 1.51. The maximum Gasteiger partial charge on any atom is 0.326 e. The van der Waals surface area contributed by atoms with Gasteiger partial charge in [-0.1, -0.05) is 18.2 Å². The van der Waals surface area contributed by atoms with Crippen LogP contribution in [0.25, 0.3) is 0 Å². The molecule has 1 atom stereocenters. The largest absolute Gasteiger partial charge is 0.480 e. The molecule has 2 N–H and O–H groups in total. The Kier molecular flexibility index (Phi) is 5.05. The number of hydrogen-bond acceptors (Lipinski definition) is 2. The summed E-state index contributed by atoms with van der Waals surface area (Å²) in [6, 6.07) is 4.49. The molecule has 0 aromatic heterocycles. The number of carbonyl (C=O) groups is 2. The zero-order valence-electron chi connectivity index (χ0n) is 9.73. The molecule has 0 aliphatic heterocycles. The molecule has 0 saturated heterocycles. The van der Waals surface area contributed by atoms with Crippen molar-refractivity contribution < 1.29 is 19.1 Å². The van der Waals surface area contributed by atoms with E-state index in [1.54, 1.807) is 0 Å². The van der Waals surface area contributed by atoms with Gasteiger partial charge in [0, 0.05) is 0 Å². The third-order valence-corrected chi connectivity index (χ3v) is 2.31. The Labute approximate surface area is 104 Å². The van der Waals surface area contributed by atoms with Crippen LogP contribution in [0, 0.1) is 5.82 Å². The molecule has 5 heteroatoms. The summed E-state index contributed by atoms with van der Waals surface area (Å²) in [5.41, 5.74) is 0.622. The zero-order valence-corrected chi connectivity index (χ0v) is 9.73. The Balaban J connectivity index is 2.57. The Bertz CT molecular complexity index is 442. The lowest BCUT2D eigenvalue weighted by Crippen LogP contribution is -2.41. The van der Waals surface area contributed by atoms with Gasteiger partial charge in [-0.3, -0.25) is 4.79 Å². The van der Waals surface area contributed by atoms with Gasteiger partial charge in [0.05, 0.1) is 6.42 Å². The first kappa shape index (κ1) is 13.9. The average molecular weight is 251 g/mol. The van der Waals surface area contributed by atoms with Gasteiger partial charge >= 0.3 is 5.97 Å². The minimum atomic E-state index is -1.11. The van der Waals surface area contributed by atoms with Crippen LogP contribution in [0.2, 0.25) is 0 Å². The number of hydrogen-bond donors (Lipinski definition) is 2. The number of nitrogens with one attached hydrogen (secondary N) is 1. The summed E-state index contributed by atoms with van der Waals surface area (Å²) in [4.78, 5) is 22.4. The fourth-order valence-corrected chi connectivity index (χ4v) is 1.42. The van der Waals surface area contributed by atoms with Gasteiger partial charge in [-0.25, -0.2) is 9.18 Å². The van der Waals surface area contributed by atoms with Gasteiger partial charge in [0.1, 0.15) is 11.9 Å². The molecule has 1 rings (SSSR count). The van der Waals surface area contributed by atoms with E-state index in [4.69, 9.17) is 5.11 Å². The molecule has 0 saturated carbocycles. The molecule has 4 nitrogen and oxygen atoms in total. The molecule has 0 bridgehead atoms. The van der Waals surface area contributed by atoms with E-state index >= 15 is 0 Å². The summed E-state index contributed by atoms with van der Waals surface area (Å²) in [5.74, 6) is -1.91. The lowest BCUT2D eigenvalue weighted by atomic mass is 10.1. The lowest BCUT2D eigenvalue weighted by molar-refractivity contribution is -0.141. The van der Waals surface area contributed by atoms with E-state index in [0.29, 0.717) is 5.56 Å². The van der Waals surface area contributed by atoms with Crippen LogP contribution in [-0.4, -0.2) is 23.0 Å². The standard InChI is InChI=1S/C13H14FNO3/c1-2-3-11(13(17)18)15-12(16)8-9-4-6-10(14)7-5-9/h2,4-7,11H,1,3,8H2,(H,15,16)(H,17,18). The zero-order chi connectivity index (χ0) is 13.5. The lowest BCUT2D eigenvalue weighted by Gasteiger charge is -2.12. The van der Waals surface area contributed by atoms with Crippen LogP contribution in [-0.2, 0) is 16.0 Å². The van der Waals surface area contributed by atoms with Gasteiger partial charge in [0.25, 0.3) is 0 Å². The number of rotatable bonds is 6. The molecule has 1 aromatic rings. The Morgan fingerprint density at radius 1 is 1.39 bits per heavy atom. The summed E-state index contributed by atoms with van der Waals surface area (Å²) in [6.07, 6.45) is 1.60. The molecule has 18 heavy (non-hydrogen) atoms. The van der Waals surface area contributed by atoms with E-state index in [1.165, 1.54) is 30.3 Å². The number of amides is 1. The minimum absolute atomic E-state index is 0.0151. The number of carboxylic acids is 1. The Morgan fingerprint density at radius 3 is 2.50 bits per heavy atom. The van der Waals surface area contributed by atoms with Gasteiger partial charge in [-0.2, -0.15) is 0 Å². The maximum atomic E-state index is 12.7. The molecule has 0 radical (unpaired) electrons. The molecule has 0 heterocycles. The van der Waals surface area contributed by atoms with Crippen LogP contribution in [0.4, 0.5) is 4.39 Å². The van der Waals surface area contributed by atoms with E-state index in [1.807, 2.05) is 0 Å². The van der Waals surface area contributed by atoms with Crippen molar-refractivity contribution in [3.63, 3.8) is 0 Å². The molecule has 0 fully saturated rings. The Morgan fingerprint density at radius 2 is 2.00 bits per heavy atom. The van der Waals surface area contributed by atoms with E-state index in [-0.39, 0.29) is 18.7 Å². The molecule has 1 unspecified atom stereocenters. The van der Waals surface area contributed by atoms with Crippen molar-refractivity contribution >= 4 is 11.9 Å². The second-order valence-electron chi connectivity index (χ2n) is 3.79. The number of aliphatic carboxylic acids is 1. The summed E-state index contributed by atoms with van der Waals surface area (Å²) in [6.45, 7) is 3.43. The highest BCUT2D eigenvalue weighted by molar-refractivity contribution is 5.84. The van der Waals surface area contributed by atoms with Gasteiger partial charge in [0.2, 0.25) is 5.91 Å². The highest BCUT2D eigenvalue weighted by Crippen LogP contribution is 2.04. The van der Waals surface area contributed by atoms with E-state index in [9.17, 15) is 14.0 Å². The summed E-state index contributed by atoms with van der Waals surface area (Å²) >= 11 is 0. The molecule has 0 aliphatic rings. The Hall–Kier alpha value is -2.17. The van der Waals surface area contributed by atoms with Crippen LogP contribution < -0.4 is 5.32 Å². The normalized spacial score (nSPS) is 11.6. The predicted molar refractivity (Wildman–Crippen MR) is 64.5 cm³/mol. The van der Waals surface area contributed by atoms with E-state index in [0.717, 1.165) is 0 Å². The number of carboxylic acid groups (broad SMARTS) is 1. The second-order valence-corrected chi connectivity index (χ2v) is 3.79. The first-order valence-corrected chi connectivity index (χ1v) is 5.40. The third-order valence-electron chi connectivity index (χ3n) is 2.31. The third kappa shape index (κ3) is 4.37. The molecule has 1 aromatic carbocycles. The summed E-state index contributed by atoms with van der Waals surface area (Å²) < 4.78 is 12.7. The highest BCUT2D eigenvalue weighted by Gasteiger charge is 2.18. The fraction of sp³-hybridized carbons (Fsp3) is 0.231. The molecular weight excluding hydrogens is 237 g/mol. The SMILES string of the molecule is C=CCC(NC(=O)Cc1ccc(F)cc1)C(=O)O. The fourth-order valence-electron chi connectivity index (χ4n) is 1.42. The van der Waals surface area contributed by atoms with Gasteiger partial charge < -0.3 is 10.4 Å². The summed E-state index contributed by atoms with van der Waals surface area (Å²) in [5, 5.41) is 11.2. The van der Waals surface area contributed by atoms with E-state index < -0.39 is 17.9 Å². The van der Waals surface area contributed by atoms with Gasteiger partial charge in [-0.15, -0.1) is 6.58 Å². The number of benzene rings is 1.